The van der Waals surface area contributed by atoms with Crippen molar-refractivity contribution >= 4 is 41.0 Å². The van der Waals surface area contributed by atoms with Gasteiger partial charge in [0.1, 0.15) is 5.76 Å². The Balaban J connectivity index is 1.80. The summed E-state index contributed by atoms with van der Waals surface area (Å²) in [4.78, 5) is 26.4. The molecule has 2 aromatic rings. The van der Waals surface area contributed by atoms with Gasteiger partial charge in [0.15, 0.2) is 5.82 Å². The minimum atomic E-state index is -0.407. The maximum absolute atomic E-state index is 12.2. The van der Waals surface area contributed by atoms with Crippen LogP contribution in [0.15, 0.2) is 34.9 Å². The highest BCUT2D eigenvalue weighted by molar-refractivity contribution is 8.01. The van der Waals surface area contributed by atoms with Crippen LogP contribution in [0.3, 0.4) is 0 Å². The molecule has 2 amide bonds. The second-order valence-electron chi connectivity index (χ2n) is 6.57. The first-order valence-corrected chi connectivity index (χ1v) is 10.2. The van der Waals surface area contributed by atoms with E-state index in [1.807, 2.05) is 43.3 Å². The fourth-order valence-corrected chi connectivity index (χ4v) is 3.48. The molecule has 2 unspecified atom stereocenters. The van der Waals surface area contributed by atoms with Crippen LogP contribution in [0.5, 0.6) is 0 Å². The third-order valence-corrected chi connectivity index (χ3v) is 5.58. The minimum Gasteiger partial charge on any atom is -0.360 e. The number of benzene rings is 1. The number of thioether (sulfide) groups is 1. The molecule has 152 valence electrons. The topological polar surface area (TPSA) is 87.5 Å². The number of aromatic nitrogens is 1. The Bertz CT molecular complexity index is 812. The number of aryl methyl sites for hydroxylation is 1. The van der Waals surface area contributed by atoms with Gasteiger partial charge in [-0.1, -0.05) is 35.0 Å². The predicted molar refractivity (Wildman–Crippen MR) is 113 cm³/mol. The van der Waals surface area contributed by atoms with Crippen molar-refractivity contribution in [2.75, 3.05) is 31.7 Å². The molecule has 28 heavy (non-hydrogen) atoms. The molecule has 2 atom stereocenters. The summed E-state index contributed by atoms with van der Waals surface area (Å²) in [6.07, 6.45) is 0. The van der Waals surface area contributed by atoms with Crippen LogP contribution in [0.2, 0.25) is 5.02 Å². The standard InChI is InChI=1S/C19H25ClN4O3S/c1-12-9-17(23-27-12)22-19(26)13(2)28-11-18(25)21-10-16(24(3)4)14-7-5-6-8-15(14)20/h5-9,13,16H,10-11H2,1-4H3,(H,21,25)(H,22,23,26). The molecule has 0 bridgehead atoms. The van der Waals surface area contributed by atoms with Crippen LogP contribution in [-0.4, -0.2) is 53.5 Å². The predicted octanol–water partition coefficient (Wildman–Crippen LogP) is 3.12. The van der Waals surface area contributed by atoms with Crippen LogP contribution < -0.4 is 10.6 Å². The van der Waals surface area contributed by atoms with Crippen molar-refractivity contribution in [3.05, 3.63) is 46.7 Å². The van der Waals surface area contributed by atoms with E-state index in [9.17, 15) is 9.59 Å². The normalized spacial score (nSPS) is 13.2. The van der Waals surface area contributed by atoms with E-state index < -0.39 is 5.25 Å². The molecule has 9 heteroatoms. The fourth-order valence-electron chi connectivity index (χ4n) is 2.51. The van der Waals surface area contributed by atoms with Gasteiger partial charge in [-0.05, 0) is 39.6 Å². The third-order valence-electron chi connectivity index (χ3n) is 4.09. The van der Waals surface area contributed by atoms with Crippen molar-refractivity contribution in [1.82, 2.24) is 15.4 Å². The van der Waals surface area contributed by atoms with E-state index in [-0.39, 0.29) is 23.6 Å². The van der Waals surface area contributed by atoms with E-state index in [4.69, 9.17) is 16.1 Å². The number of rotatable bonds is 9. The van der Waals surface area contributed by atoms with Gasteiger partial charge in [-0.15, -0.1) is 11.8 Å². The zero-order chi connectivity index (χ0) is 20.7. The van der Waals surface area contributed by atoms with Crippen LogP contribution in [0.25, 0.3) is 0 Å². The number of hydrogen-bond donors (Lipinski definition) is 2. The van der Waals surface area contributed by atoms with Gasteiger partial charge in [0, 0.05) is 17.6 Å². The quantitative estimate of drug-likeness (QED) is 0.643. The Morgan fingerprint density at radius 3 is 2.64 bits per heavy atom. The highest BCUT2D eigenvalue weighted by Crippen LogP contribution is 2.25. The molecule has 1 heterocycles. The number of anilines is 1. The average molecular weight is 425 g/mol. The average Bonchev–Trinajstić information content (AvgIpc) is 3.05. The molecule has 0 aliphatic heterocycles. The second kappa shape index (κ2) is 10.5. The van der Waals surface area contributed by atoms with Crippen molar-refractivity contribution in [2.24, 2.45) is 0 Å². The summed E-state index contributed by atoms with van der Waals surface area (Å²) in [5.41, 5.74) is 0.956. The molecule has 0 aliphatic rings. The monoisotopic (exact) mass is 424 g/mol. The molecule has 2 N–H and O–H groups in total. The smallest absolute Gasteiger partial charge is 0.238 e. The summed E-state index contributed by atoms with van der Waals surface area (Å²) in [7, 11) is 3.87. The Morgan fingerprint density at radius 1 is 1.32 bits per heavy atom. The summed E-state index contributed by atoms with van der Waals surface area (Å²) in [6, 6.07) is 9.18. The maximum Gasteiger partial charge on any atom is 0.238 e. The summed E-state index contributed by atoms with van der Waals surface area (Å²) >= 11 is 7.54. The van der Waals surface area contributed by atoms with Gasteiger partial charge in [0.25, 0.3) is 0 Å². The van der Waals surface area contributed by atoms with Crippen LogP contribution in [-0.2, 0) is 9.59 Å². The van der Waals surface area contributed by atoms with Gasteiger partial charge in [0.2, 0.25) is 11.8 Å². The lowest BCUT2D eigenvalue weighted by atomic mass is 10.1. The molecule has 0 saturated carbocycles. The first kappa shape index (κ1) is 22.3. The first-order valence-electron chi connectivity index (χ1n) is 8.81. The molecule has 0 aliphatic carbocycles. The Hall–Kier alpha value is -2.03. The zero-order valence-corrected chi connectivity index (χ0v) is 17.9. The SMILES string of the molecule is Cc1cc(NC(=O)C(C)SCC(=O)NCC(c2ccccc2Cl)N(C)C)no1. The number of nitrogens with one attached hydrogen (secondary N) is 2. The molecule has 7 nitrogen and oxygen atoms in total. The van der Waals surface area contributed by atoms with E-state index in [0.29, 0.717) is 23.1 Å². The molecule has 1 aromatic carbocycles. The van der Waals surface area contributed by atoms with Crippen LogP contribution in [0.1, 0.15) is 24.3 Å². The molecule has 1 aromatic heterocycles. The lowest BCUT2D eigenvalue weighted by Gasteiger charge is -2.26. The molecule has 0 spiro atoms. The highest BCUT2D eigenvalue weighted by atomic mass is 35.5. The van der Waals surface area contributed by atoms with Crippen LogP contribution in [0.4, 0.5) is 5.82 Å². The van der Waals surface area contributed by atoms with E-state index in [1.54, 1.807) is 19.9 Å². The van der Waals surface area contributed by atoms with E-state index in [2.05, 4.69) is 15.8 Å². The van der Waals surface area contributed by atoms with Gasteiger partial charge in [-0.3, -0.25) is 9.59 Å². The van der Waals surface area contributed by atoms with Crippen molar-refractivity contribution in [3.63, 3.8) is 0 Å². The lowest BCUT2D eigenvalue weighted by molar-refractivity contribution is -0.118. The van der Waals surface area contributed by atoms with Crippen molar-refractivity contribution in [3.8, 4) is 0 Å². The Kier molecular flexibility index (Phi) is 8.35. The number of halogens is 1. The molecule has 2 rings (SSSR count). The summed E-state index contributed by atoms with van der Waals surface area (Å²) in [5.74, 6) is 0.792. The number of amides is 2. The fraction of sp³-hybridized carbons (Fsp3) is 0.421. The third kappa shape index (κ3) is 6.54. The molecule has 0 radical (unpaired) electrons. The van der Waals surface area contributed by atoms with Crippen LogP contribution in [0, 0.1) is 6.92 Å². The van der Waals surface area contributed by atoms with E-state index >= 15 is 0 Å². The van der Waals surface area contributed by atoms with Crippen molar-refractivity contribution in [1.29, 1.82) is 0 Å². The number of carbonyl (C=O) groups is 2. The summed E-state index contributed by atoms with van der Waals surface area (Å²) in [6.45, 7) is 3.91. The van der Waals surface area contributed by atoms with Gasteiger partial charge in [-0.2, -0.15) is 0 Å². The van der Waals surface area contributed by atoms with E-state index in [1.165, 1.54) is 11.8 Å². The first-order chi connectivity index (χ1) is 13.3. The van der Waals surface area contributed by atoms with Gasteiger partial charge < -0.3 is 20.1 Å². The molecule has 0 fully saturated rings. The summed E-state index contributed by atoms with van der Waals surface area (Å²) in [5, 5.41) is 9.56. The number of hydrogen-bond acceptors (Lipinski definition) is 6. The van der Waals surface area contributed by atoms with Gasteiger partial charge in [0.05, 0.1) is 17.0 Å². The van der Waals surface area contributed by atoms with Crippen molar-refractivity contribution in [2.45, 2.75) is 25.1 Å². The largest absolute Gasteiger partial charge is 0.360 e. The molecule has 0 saturated heterocycles. The van der Waals surface area contributed by atoms with Gasteiger partial charge >= 0.3 is 0 Å². The lowest BCUT2D eigenvalue weighted by Crippen LogP contribution is -2.36. The maximum atomic E-state index is 12.2. The van der Waals surface area contributed by atoms with E-state index in [0.717, 1.165) is 5.56 Å². The number of nitrogens with zero attached hydrogens (tertiary/aromatic N) is 2. The summed E-state index contributed by atoms with van der Waals surface area (Å²) < 4.78 is 4.91. The minimum absolute atomic E-state index is 0.0428. The Morgan fingerprint density at radius 2 is 2.04 bits per heavy atom. The highest BCUT2D eigenvalue weighted by Gasteiger charge is 2.20. The second-order valence-corrected chi connectivity index (χ2v) is 8.31. The Labute approximate surface area is 174 Å². The van der Waals surface area contributed by atoms with Gasteiger partial charge in [-0.25, -0.2) is 0 Å². The zero-order valence-electron chi connectivity index (χ0n) is 16.4. The molecular weight excluding hydrogens is 400 g/mol. The van der Waals surface area contributed by atoms with Crippen molar-refractivity contribution < 1.29 is 14.1 Å². The number of carbonyl (C=O) groups excluding carboxylic acids is 2. The molecular formula is C19H25ClN4O3S. The van der Waals surface area contributed by atoms with Crippen LogP contribution >= 0.6 is 23.4 Å². The number of likely N-dealkylation sites (N-methyl/N-ethyl adjacent to an activating group) is 1.